The van der Waals surface area contributed by atoms with E-state index >= 15 is 0 Å². The van der Waals surface area contributed by atoms with Crippen LogP contribution in [0.25, 0.3) is 10.9 Å². The molecular formula is C18H15ClF3N3O4S. The largest absolute Gasteiger partial charge is 0.467 e. The van der Waals surface area contributed by atoms with E-state index in [1.165, 1.54) is 10.8 Å². The molecule has 7 nitrogen and oxygen atoms in total. The van der Waals surface area contributed by atoms with E-state index in [0.717, 1.165) is 11.8 Å². The summed E-state index contributed by atoms with van der Waals surface area (Å²) in [5.41, 5.74) is 0.108. The van der Waals surface area contributed by atoms with Gasteiger partial charge in [0.25, 0.3) is 5.56 Å². The van der Waals surface area contributed by atoms with Crippen molar-refractivity contribution in [2.75, 3.05) is 18.9 Å². The molecule has 1 aromatic carbocycles. The number of amides is 1. The molecule has 0 fully saturated rings. The molecule has 0 saturated carbocycles. The second kappa shape index (κ2) is 9.43. The number of carbonyl (C=O) groups excluding carboxylic acids is 1. The lowest BCUT2D eigenvalue weighted by Crippen LogP contribution is -2.30. The summed E-state index contributed by atoms with van der Waals surface area (Å²) in [6.45, 7) is -1.52. The fourth-order valence-corrected chi connectivity index (χ4v) is 3.49. The van der Waals surface area contributed by atoms with Gasteiger partial charge in [0.1, 0.15) is 5.76 Å². The number of alkyl carbamates (subject to hydrolysis) is 1. The zero-order valence-corrected chi connectivity index (χ0v) is 16.8. The topological polar surface area (TPSA) is 86.4 Å². The summed E-state index contributed by atoms with van der Waals surface area (Å²) < 4.78 is 46.9. The summed E-state index contributed by atoms with van der Waals surface area (Å²) in [7, 11) is 0. The maximum Gasteiger partial charge on any atom is 0.422 e. The van der Waals surface area contributed by atoms with Crippen molar-refractivity contribution >= 4 is 40.4 Å². The number of rotatable bonds is 7. The minimum absolute atomic E-state index is 0.00552. The zero-order chi connectivity index (χ0) is 21.7. The number of aromatic nitrogens is 2. The average Bonchev–Trinajstić information content (AvgIpc) is 3.19. The van der Waals surface area contributed by atoms with E-state index in [9.17, 15) is 22.8 Å². The molecule has 30 heavy (non-hydrogen) atoms. The number of carbonyl (C=O) groups is 1. The number of halogens is 4. The first kappa shape index (κ1) is 22.0. The van der Waals surface area contributed by atoms with E-state index in [1.807, 2.05) is 0 Å². The number of ether oxygens (including phenoxy) is 1. The summed E-state index contributed by atoms with van der Waals surface area (Å²) in [5, 5.41) is 3.36. The Kier molecular flexibility index (Phi) is 6.93. The van der Waals surface area contributed by atoms with Crippen molar-refractivity contribution < 1.29 is 27.1 Å². The van der Waals surface area contributed by atoms with E-state index in [-0.39, 0.29) is 24.4 Å². The number of nitrogens with zero attached hydrogens (tertiary/aromatic N) is 2. The summed E-state index contributed by atoms with van der Waals surface area (Å²) in [6, 6.07) is 8.14. The zero-order valence-electron chi connectivity index (χ0n) is 15.2. The third kappa shape index (κ3) is 5.92. The molecular weight excluding hydrogens is 447 g/mol. The van der Waals surface area contributed by atoms with Crippen molar-refractivity contribution in [3.63, 3.8) is 0 Å². The first-order valence-electron chi connectivity index (χ1n) is 8.55. The molecule has 0 saturated heterocycles. The quantitative estimate of drug-likeness (QED) is 0.324. The standard InChI is InChI=1S/C18H15ClF3N3O4S/c19-11-3-4-13-14(8-11)24-16(25(15(13)26)9-12-2-1-6-28-12)30-7-5-23-17(27)29-10-18(20,21)22/h1-4,6,8H,5,7,9-10H2,(H,23,27). The van der Waals surface area contributed by atoms with Crippen LogP contribution in [-0.4, -0.2) is 40.7 Å². The summed E-state index contributed by atoms with van der Waals surface area (Å²) >= 11 is 7.13. The predicted octanol–water partition coefficient (Wildman–Crippen LogP) is 4.07. The van der Waals surface area contributed by atoms with E-state index < -0.39 is 18.9 Å². The van der Waals surface area contributed by atoms with Crippen molar-refractivity contribution in [3.05, 3.63) is 57.7 Å². The van der Waals surface area contributed by atoms with Crippen molar-refractivity contribution in [1.82, 2.24) is 14.9 Å². The lowest BCUT2D eigenvalue weighted by atomic mass is 10.2. The molecule has 160 valence electrons. The molecule has 2 aromatic heterocycles. The third-order valence-electron chi connectivity index (χ3n) is 3.75. The Morgan fingerprint density at radius 1 is 1.33 bits per heavy atom. The molecule has 2 heterocycles. The first-order valence-corrected chi connectivity index (χ1v) is 9.92. The number of hydrogen-bond donors (Lipinski definition) is 1. The Morgan fingerprint density at radius 2 is 2.13 bits per heavy atom. The third-order valence-corrected chi connectivity index (χ3v) is 4.96. The molecule has 0 unspecified atom stereocenters. The number of fused-ring (bicyclic) bond motifs is 1. The van der Waals surface area contributed by atoms with Crippen molar-refractivity contribution in [2.45, 2.75) is 17.9 Å². The van der Waals surface area contributed by atoms with Gasteiger partial charge in [0.15, 0.2) is 11.8 Å². The van der Waals surface area contributed by atoms with Crippen LogP contribution in [-0.2, 0) is 11.3 Å². The van der Waals surface area contributed by atoms with Gasteiger partial charge in [-0.15, -0.1) is 0 Å². The van der Waals surface area contributed by atoms with Gasteiger partial charge in [-0.05, 0) is 30.3 Å². The minimum atomic E-state index is -4.59. The molecule has 12 heteroatoms. The fourth-order valence-electron chi connectivity index (χ4n) is 2.48. The summed E-state index contributed by atoms with van der Waals surface area (Å²) in [4.78, 5) is 28.7. The van der Waals surface area contributed by atoms with Crippen molar-refractivity contribution in [2.24, 2.45) is 0 Å². The molecule has 1 N–H and O–H groups in total. The van der Waals surface area contributed by atoms with E-state index in [4.69, 9.17) is 16.0 Å². The van der Waals surface area contributed by atoms with Crippen LogP contribution < -0.4 is 10.9 Å². The molecule has 0 spiro atoms. The number of thioether (sulfide) groups is 1. The Bertz CT molecular complexity index is 1090. The molecule has 0 atom stereocenters. The van der Waals surface area contributed by atoms with Crippen LogP contribution >= 0.6 is 23.4 Å². The highest BCUT2D eigenvalue weighted by atomic mass is 35.5. The number of alkyl halides is 3. The van der Waals surface area contributed by atoms with Gasteiger partial charge in [-0.1, -0.05) is 23.4 Å². The smallest absolute Gasteiger partial charge is 0.422 e. The van der Waals surface area contributed by atoms with Gasteiger partial charge < -0.3 is 14.5 Å². The fraction of sp³-hybridized carbons (Fsp3) is 0.278. The van der Waals surface area contributed by atoms with Gasteiger partial charge in [-0.3, -0.25) is 9.36 Å². The van der Waals surface area contributed by atoms with Crippen LogP contribution in [0.5, 0.6) is 0 Å². The van der Waals surface area contributed by atoms with Gasteiger partial charge in [-0.25, -0.2) is 9.78 Å². The molecule has 0 aliphatic heterocycles. The Balaban J connectivity index is 1.73. The highest BCUT2D eigenvalue weighted by molar-refractivity contribution is 7.99. The van der Waals surface area contributed by atoms with Crippen LogP contribution in [0, 0.1) is 0 Å². The Morgan fingerprint density at radius 3 is 2.83 bits per heavy atom. The maximum absolute atomic E-state index is 12.9. The van der Waals surface area contributed by atoms with Crippen LogP contribution in [0.2, 0.25) is 5.02 Å². The van der Waals surface area contributed by atoms with Crippen LogP contribution in [0.4, 0.5) is 18.0 Å². The Labute approximate surface area is 177 Å². The predicted molar refractivity (Wildman–Crippen MR) is 105 cm³/mol. The molecule has 3 rings (SSSR count). The number of furan rings is 1. The van der Waals surface area contributed by atoms with E-state index in [0.29, 0.717) is 26.8 Å². The van der Waals surface area contributed by atoms with Gasteiger partial charge in [0, 0.05) is 17.3 Å². The molecule has 3 aromatic rings. The SMILES string of the molecule is O=C(NCCSc1nc2cc(Cl)ccc2c(=O)n1Cc1ccco1)OCC(F)(F)F. The van der Waals surface area contributed by atoms with Crippen molar-refractivity contribution in [3.8, 4) is 0 Å². The van der Waals surface area contributed by atoms with Crippen LogP contribution in [0.15, 0.2) is 51.0 Å². The lowest BCUT2D eigenvalue weighted by Gasteiger charge is -2.13. The number of nitrogens with one attached hydrogen (secondary N) is 1. The summed E-state index contributed by atoms with van der Waals surface area (Å²) in [5.74, 6) is 0.778. The second-order valence-corrected chi connectivity index (χ2v) is 7.49. The highest BCUT2D eigenvalue weighted by Crippen LogP contribution is 2.21. The van der Waals surface area contributed by atoms with Crippen molar-refractivity contribution in [1.29, 1.82) is 0 Å². The van der Waals surface area contributed by atoms with Gasteiger partial charge in [0.05, 0.1) is 23.7 Å². The highest BCUT2D eigenvalue weighted by Gasteiger charge is 2.29. The normalized spacial score (nSPS) is 11.6. The summed E-state index contributed by atoms with van der Waals surface area (Å²) in [6.07, 6.45) is -4.29. The van der Waals surface area contributed by atoms with Gasteiger partial charge in [-0.2, -0.15) is 13.2 Å². The van der Waals surface area contributed by atoms with Gasteiger partial charge >= 0.3 is 12.3 Å². The van der Waals surface area contributed by atoms with Crippen LogP contribution in [0.3, 0.4) is 0 Å². The monoisotopic (exact) mass is 461 g/mol. The second-order valence-electron chi connectivity index (χ2n) is 5.99. The molecule has 1 amide bonds. The van der Waals surface area contributed by atoms with E-state index in [2.05, 4.69) is 15.0 Å². The minimum Gasteiger partial charge on any atom is -0.467 e. The maximum atomic E-state index is 12.9. The average molecular weight is 462 g/mol. The Hall–Kier alpha value is -2.66. The number of benzene rings is 1. The van der Waals surface area contributed by atoms with Gasteiger partial charge in [0.2, 0.25) is 0 Å². The van der Waals surface area contributed by atoms with Crippen LogP contribution in [0.1, 0.15) is 5.76 Å². The molecule has 0 aliphatic rings. The van der Waals surface area contributed by atoms with E-state index in [1.54, 1.807) is 30.3 Å². The molecule has 0 radical (unpaired) electrons. The first-order chi connectivity index (χ1) is 14.2. The molecule has 0 bridgehead atoms. The molecule has 0 aliphatic carbocycles. The lowest BCUT2D eigenvalue weighted by molar-refractivity contribution is -0.160. The number of hydrogen-bond acceptors (Lipinski definition) is 6.